The van der Waals surface area contributed by atoms with E-state index in [0.717, 1.165) is 101 Å². The fraction of sp³-hybridized carbons (Fsp3) is 0. The fourth-order valence-corrected chi connectivity index (χ4v) is 8.36. The highest BCUT2D eigenvalue weighted by atomic mass is 15.1. The van der Waals surface area contributed by atoms with E-state index >= 15 is 0 Å². The Balaban J connectivity index is 1.14. The second-order valence-corrected chi connectivity index (χ2v) is 14.9. The van der Waals surface area contributed by atoms with Gasteiger partial charge in [0.15, 0.2) is 0 Å². The number of fused-ring (bicyclic) bond motifs is 2. The lowest BCUT2D eigenvalue weighted by atomic mass is 9.91. The van der Waals surface area contributed by atoms with Crippen molar-refractivity contribution in [1.82, 2.24) is 24.1 Å². The van der Waals surface area contributed by atoms with Crippen molar-refractivity contribution in [3.8, 4) is 78.9 Å². The van der Waals surface area contributed by atoms with E-state index in [4.69, 9.17) is 15.0 Å². The zero-order valence-corrected chi connectivity index (χ0v) is 32.6. The molecule has 3 aromatic heterocycles. The van der Waals surface area contributed by atoms with Crippen molar-refractivity contribution in [3.05, 3.63) is 224 Å². The highest BCUT2D eigenvalue weighted by Crippen LogP contribution is 2.42. The van der Waals surface area contributed by atoms with Crippen molar-refractivity contribution >= 4 is 22.1 Å². The zero-order chi connectivity index (χ0) is 39.8. The lowest BCUT2D eigenvalue weighted by Crippen LogP contribution is -2.00. The van der Waals surface area contributed by atoms with Crippen LogP contribution in [0.5, 0.6) is 0 Å². The van der Waals surface area contributed by atoms with E-state index < -0.39 is 0 Å². The average molecular weight is 768 g/mol. The minimum Gasteiger partial charge on any atom is -0.292 e. The van der Waals surface area contributed by atoms with E-state index in [0.29, 0.717) is 0 Å². The molecule has 0 saturated carbocycles. The summed E-state index contributed by atoms with van der Waals surface area (Å²) in [4.78, 5) is 16.2. The van der Waals surface area contributed by atoms with Crippen molar-refractivity contribution in [1.29, 1.82) is 0 Å². The SMILES string of the molecule is c1ccc(-c2cc(-c3ccccc3)c(-c3cccc(-c4nc5ccccc5n4-c4ccccc4)c3)nc2-c2cccc(-c3nc4ccccc4n3-c3ccccc3)c2)cc1. The van der Waals surface area contributed by atoms with Crippen LogP contribution in [0.3, 0.4) is 0 Å². The Bertz CT molecular complexity index is 3080. The molecule has 0 bridgehead atoms. The molecular formula is C55H37N5. The number of hydrogen-bond donors (Lipinski definition) is 0. The van der Waals surface area contributed by atoms with Crippen LogP contribution < -0.4 is 0 Å². The van der Waals surface area contributed by atoms with E-state index in [2.05, 4.69) is 209 Å². The summed E-state index contributed by atoms with van der Waals surface area (Å²) < 4.78 is 4.50. The van der Waals surface area contributed by atoms with Gasteiger partial charge < -0.3 is 0 Å². The van der Waals surface area contributed by atoms with Gasteiger partial charge in [-0.15, -0.1) is 0 Å². The smallest absolute Gasteiger partial charge is 0.145 e. The van der Waals surface area contributed by atoms with Crippen molar-refractivity contribution in [2.45, 2.75) is 0 Å². The molecule has 11 rings (SSSR count). The molecule has 0 saturated heterocycles. The van der Waals surface area contributed by atoms with Crippen molar-refractivity contribution < 1.29 is 0 Å². The molecule has 0 unspecified atom stereocenters. The number of benzene rings is 8. The molecule has 0 aliphatic heterocycles. The molecule has 0 spiro atoms. The first-order chi connectivity index (χ1) is 29.8. The molecule has 60 heavy (non-hydrogen) atoms. The van der Waals surface area contributed by atoms with E-state index in [1.54, 1.807) is 0 Å². The molecular weight excluding hydrogens is 731 g/mol. The molecule has 0 atom stereocenters. The molecule has 3 heterocycles. The zero-order valence-electron chi connectivity index (χ0n) is 32.6. The van der Waals surface area contributed by atoms with Crippen LogP contribution in [-0.4, -0.2) is 24.1 Å². The maximum atomic E-state index is 5.73. The monoisotopic (exact) mass is 767 g/mol. The Kier molecular flexibility index (Phi) is 8.75. The molecule has 0 aliphatic rings. The summed E-state index contributed by atoms with van der Waals surface area (Å²) in [6, 6.07) is 78.4. The van der Waals surface area contributed by atoms with E-state index in [1.807, 2.05) is 24.3 Å². The normalized spacial score (nSPS) is 11.3. The number of pyridine rings is 1. The number of imidazole rings is 2. The topological polar surface area (TPSA) is 48.5 Å². The molecule has 0 aliphatic carbocycles. The Hall–Kier alpha value is -8.15. The van der Waals surface area contributed by atoms with Crippen molar-refractivity contribution in [2.75, 3.05) is 0 Å². The average Bonchev–Trinajstić information content (AvgIpc) is 3.92. The number of rotatable bonds is 8. The highest BCUT2D eigenvalue weighted by Gasteiger charge is 2.21. The van der Waals surface area contributed by atoms with E-state index in [1.165, 1.54) is 0 Å². The van der Waals surface area contributed by atoms with Crippen LogP contribution in [0.15, 0.2) is 224 Å². The summed E-state index contributed by atoms with van der Waals surface area (Å²) in [6.45, 7) is 0. The number of nitrogens with zero attached hydrogens (tertiary/aromatic N) is 5. The molecule has 0 fully saturated rings. The molecule has 0 N–H and O–H groups in total. The van der Waals surface area contributed by atoms with Crippen LogP contribution >= 0.6 is 0 Å². The standard InChI is InChI=1S/C55H37N5/c1-5-19-38(20-6-1)46-37-47(39-21-7-2-8-22-39)53(41-24-18-26-43(36-41)55-57-49-32-14-16-34-51(49)60(55)45-29-11-4-12-30-45)58-52(46)40-23-17-25-42(35-40)54-56-48-31-13-15-33-50(48)59(54)44-27-9-3-10-28-44/h1-37H. The molecule has 0 radical (unpaired) electrons. The predicted octanol–water partition coefficient (Wildman–Crippen LogP) is 13.8. The van der Waals surface area contributed by atoms with Crippen molar-refractivity contribution in [3.63, 3.8) is 0 Å². The van der Waals surface area contributed by atoms with Gasteiger partial charge in [-0.2, -0.15) is 0 Å². The molecule has 11 aromatic rings. The van der Waals surface area contributed by atoms with Crippen LogP contribution in [0.1, 0.15) is 0 Å². The summed E-state index contributed by atoms with van der Waals surface area (Å²) in [6.07, 6.45) is 0. The van der Waals surface area contributed by atoms with Gasteiger partial charge in [0.2, 0.25) is 0 Å². The molecule has 5 heteroatoms. The molecule has 282 valence electrons. The summed E-state index contributed by atoms with van der Waals surface area (Å²) >= 11 is 0. The van der Waals surface area contributed by atoms with Gasteiger partial charge >= 0.3 is 0 Å². The third-order valence-corrected chi connectivity index (χ3v) is 11.1. The summed E-state index contributed by atoms with van der Waals surface area (Å²) in [5.74, 6) is 1.75. The minimum absolute atomic E-state index is 0.876. The first kappa shape index (κ1) is 35.0. The lowest BCUT2D eigenvalue weighted by Gasteiger charge is -2.18. The van der Waals surface area contributed by atoms with Gasteiger partial charge in [0.25, 0.3) is 0 Å². The fourth-order valence-electron chi connectivity index (χ4n) is 8.36. The quantitative estimate of drug-likeness (QED) is 0.155. The first-order valence-corrected chi connectivity index (χ1v) is 20.2. The second kappa shape index (κ2) is 15.0. The third-order valence-electron chi connectivity index (χ3n) is 11.1. The Labute approximate surface area is 348 Å². The highest BCUT2D eigenvalue weighted by molar-refractivity contribution is 5.93. The van der Waals surface area contributed by atoms with Gasteiger partial charge in [-0.25, -0.2) is 15.0 Å². The van der Waals surface area contributed by atoms with Gasteiger partial charge in [-0.1, -0.05) is 158 Å². The third kappa shape index (κ3) is 6.26. The summed E-state index contributed by atoms with van der Waals surface area (Å²) in [5.41, 5.74) is 16.2. The van der Waals surface area contributed by atoms with Crippen LogP contribution in [0.25, 0.3) is 101 Å². The summed E-state index contributed by atoms with van der Waals surface area (Å²) in [7, 11) is 0. The van der Waals surface area contributed by atoms with Crippen LogP contribution in [0.2, 0.25) is 0 Å². The van der Waals surface area contributed by atoms with Gasteiger partial charge in [0, 0.05) is 44.8 Å². The maximum absolute atomic E-state index is 5.73. The maximum Gasteiger partial charge on any atom is 0.145 e. The van der Waals surface area contributed by atoms with Gasteiger partial charge in [-0.3, -0.25) is 9.13 Å². The van der Waals surface area contributed by atoms with Gasteiger partial charge in [0.1, 0.15) is 11.6 Å². The Morgan fingerprint density at radius 2 is 0.617 bits per heavy atom. The van der Waals surface area contributed by atoms with Crippen LogP contribution in [0.4, 0.5) is 0 Å². The number of para-hydroxylation sites is 6. The molecule has 8 aromatic carbocycles. The largest absolute Gasteiger partial charge is 0.292 e. The molecule has 0 amide bonds. The number of aromatic nitrogens is 5. The minimum atomic E-state index is 0.876. The van der Waals surface area contributed by atoms with Crippen LogP contribution in [0, 0.1) is 0 Å². The predicted molar refractivity (Wildman–Crippen MR) is 246 cm³/mol. The van der Waals surface area contributed by atoms with Gasteiger partial charge in [0.05, 0.1) is 33.5 Å². The molecule has 5 nitrogen and oxygen atoms in total. The second-order valence-electron chi connectivity index (χ2n) is 14.9. The Morgan fingerprint density at radius 1 is 0.267 bits per heavy atom. The van der Waals surface area contributed by atoms with Crippen molar-refractivity contribution in [2.24, 2.45) is 0 Å². The van der Waals surface area contributed by atoms with E-state index in [9.17, 15) is 0 Å². The lowest BCUT2D eigenvalue weighted by molar-refractivity contribution is 1.10. The first-order valence-electron chi connectivity index (χ1n) is 20.2. The number of hydrogen-bond acceptors (Lipinski definition) is 3. The van der Waals surface area contributed by atoms with E-state index in [-0.39, 0.29) is 0 Å². The van der Waals surface area contributed by atoms with Gasteiger partial charge in [-0.05, 0) is 77.9 Å². The Morgan fingerprint density at radius 3 is 1.05 bits per heavy atom. The van der Waals surface area contributed by atoms with Crippen LogP contribution in [-0.2, 0) is 0 Å². The summed E-state index contributed by atoms with van der Waals surface area (Å²) in [5, 5.41) is 0.